The summed E-state index contributed by atoms with van der Waals surface area (Å²) in [4.78, 5) is 9.21. The lowest BCUT2D eigenvalue weighted by molar-refractivity contribution is 0.0263. The summed E-state index contributed by atoms with van der Waals surface area (Å²) in [6.07, 6.45) is 5.06. The molecule has 1 saturated heterocycles. The third-order valence-electron chi connectivity index (χ3n) is 5.08. The molecule has 1 aliphatic heterocycles. The van der Waals surface area contributed by atoms with Gasteiger partial charge in [-0.25, -0.2) is 0 Å². The molecule has 1 atom stereocenters. The van der Waals surface area contributed by atoms with Crippen LogP contribution in [0.5, 0.6) is 0 Å². The standard InChI is InChI=1S/C18H38N4O.HI/c1-7-15(8-2)17(21(5)6)14-20-18(19-4)22-12-10-16(11-13-22)23-9-3;/h15-17H,7-14H2,1-6H3,(H,19,20);1H. The van der Waals surface area contributed by atoms with Gasteiger partial charge in [0.2, 0.25) is 0 Å². The highest BCUT2D eigenvalue weighted by atomic mass is 127. The van der Waals surface area contributed by atoms with Crippen molar-refractivity contribution in [2.45, 2.75) is 58.6 Å². The predicted molar refractivity (Wildman–Crippen MR) is 115 cm³/mol. The molecule has 0 aromatic heterocycles. The number of piperidine rings is 1. The highest BCUT2D eigenvalue weighted by molar-refractivity contribution is 14.0. The number of aliphatic imine (C=N–C) groups is 1. The average Bonchev–Trinajstić information content (AvgIpc) is 2.56. The van der Waals surface area contributed by atoms with Gasteiger partial charge in [-0.2, -0.15) is 0 Å². The van der Waals surface area contributed by atoms with Crippen LogP contribution in [0.25, 0.3) is 0 Å². The van der Waals surface area contributed by atoms with Crippen molar-refractivity contribution in [3.05, 3.63) is 0 Å². The van der Waals surface area contributed by atoms with E-state index in [9.17, 15) is 0 Å². The van der Waals surface area contributed by atoms with Gasteiger partial charge in [0.05, 0.1) is 6.10 Å². The molecule has 1 fully saturated rings. The van der Waals surface area contributed by atoms with Crippen molar-refractivity contribution in [3.63, 3.8) is 0 Å². The van der Waals surface area contributed by atoms with Crippen LogP contribution < -0.4 is 5.32 Å². The number of ether oxygens (including phenoxy) is 1. The zero-order chi connectivity index (χ0) is 17.2. The van der Waals surface area contributed by atoms with Crippen LogP contribution in [-0.4, -0.2) is 75.3 Å². The first-order valence-corrected chi connectivity index (χ1v) is 9.30. The minimum absolute atomic E-state index is 0. The van der Waals surface area contributed by atoms with Crippen molar-refractivity contribution >= 4 is 29.9 Å². The summed E-state index contributed by atoms with van der Waals surface area (Å²) >= 11 is 0. The Balaban J connectivity index is 0.00000529. The molecule has 0 radical (unpaired) electrons. The third kappa shape index (κ3) is 7.44. The Morgan fingerprint density at radius 1 is 1.21 bits per heavy atom. The molecule has 0 amide bonds. The van der Waals surface area contributed by atoms with Gasteiger partial charge in [-0.3, -0.25) is 4.99 Å². The summed E-state index contributed by atoms with van der Waals surface area (Å²) in [7, 11) is 6.25. The van der Waals surface area contributed by atoms with Crippen molar-refractivity contribution in [1.82, 2.24) is 15.1 Å². The quantitative estimate of drug-likeness (QED) is 0.348. The van der Waals surface area contributed by atoms with Crippen molar-refractivity contribution in [2.75, 3.05) is 47.4 Å². The molecule has 1 heterocycles. The van der Waals surface area contributed by atoms with Gasteiger partial charge in [0.25, 0.3) is 0 Å². The topological polar surface area (TPSA) is 40.1 Å². The second-order valence-electron chi connectivity index (χ2n) is 6.68. The Labute approximate surface area is 166 Å². The van der Waals surface area contributed by atoms with Crippen molar-refractivity contribution in [1.29, 1.82) is 0 Å². The summed E-state index contributed by atoms with van der Waals surface area (Å²) in [5.41, 5.74) is 0. The van der Waals surface area contributed by atoms with E-state index in [2.05, 4.69) is 55.0 Å². The number of nitrogens with one attached hydrogen (secondary N) is 1. The molecule has 1 N–H and O–H groups in total. The molecule has 0 aromatic rings. The number of halogens is 1. The highest BCUT2D eigenvalue weighted by Gasteiger charge is 2.24. The van der Waals surface area contributed by atoms with E-state index >= 15 is 0 Å². The summed E-state index contributed by atoms with van der Waals surface area (Å²) in [6.45, 7) is 10.5. The summed E-state index contributed by atoms with van der Waals surface area (Å²) < 4.78 is 5.74. The molecule has 6 heteroatoms. The number of nitrogens with zero attached hydrogens (tertiary/aromatic N) is 3. The molecule has 0 bridgehead atoms. The zero-order valence-electron chi connectivity index (χ0n) is 16.5. The summed E-state index contributed by atoms with van der Waals surface area (Å²) in [5, 5.41) is 3.61. The molecular weight excluding hydrogens is 415 g/mol. The van der Waals surface area contributed by atoms with Gasteiger partial charge in [-0.15, -0.1) is 24.0 Å². The first kappa shape index (κ1) is 23.9. The molecule has 1 unspecified atom stereocenters. The van der Waals surface area contributed by atoms with Gasteiger partial charge in [0, 0.05) is 39.3 Å². The first-order valence-electron chi connectivity index (χ1n) is 9.30. The smallest absolute Gasteiger partial charge is 0.193 e. The Morgan fingerprint density at radius 3 is 2.21 bits per heavy atom. The Morgan fingerprint density at radius 2 is 1.79 bits per heavy atom. The van der Waals surface area contributed by atoms with E-state index in [0.29, 0.717) is 12.1 Å². The average molecular weight is 454 g/mol. The maximum atomic E-state index is 5.74. The molecule has 0 aliphatic carbocycles. The molecule has 5 nitrogen and oxygen atoms in total. The molecule has 0 aromatic carbocycles. The Hall–Kier alpha value is -0.0800. The number of hydrogen-bond acceptors (Lipinski definition) is 3. The van der Waals surface area contributed by atoms with Crippen LogP contribution in [0.1, 0.15) is 46.5 Å². The number of likely N-dealkylation sites (tertiary alicyclic amines) is 1. The van der Waals surface area contributed by atoms with Gasteiger partial charge < -0.3 is 19.9 Å². The Bertz CT molecular complexity index is 340. The second-order valence-corrected chi connectivity index (χ2v) is 6.68. The number of hydrogen-bond donors (Lipinski definition) is 1. The minimum atomic E-state index is 0. The second kappa shape index (κ2) is 13.2. The van der Waals surface area contributed by atoms with Gasteiger partial charge in [-0.05, 0) is 39.8 Å². The lowest BCUT2D eigenvalue weighted by Gasteiger charge is -2.36. The van der Waals surface area contributed by atoms with Crippen molar-refractivity contribution < 1.29 is 4.74 Å². The summed E-state index contributed by atoms with van der Waals surface area (Å²) in [6, 6.07) is 0.544. The van der Waals surface area contributed by atoms with E-state index < -0.39 is 0 Å². The van der Waals surface area contributed by atoms with E-state index in [4.69, 9.17) is 4.74 Å². The fourth-order valence-electron chi connectivity index (χ4n) is 3.60. The van der Waals surface area contributed by atoms with Crippen molar-refractivity contribution in [2.24, 2.45) is 10.9 Å². The van der Waals surface area contributed by atoms with Crippen LogP contribution >= 0.6 is 24.0 Å². The molecular formula is C18H39IN4O. The molecule has 24 heavy (non-hydrogen) atoms. The monoisotopic (exact) mass is 454 g/mol. The van der Waals surface area contributed by atoms with E-state index in [-0.39, 0.29) is 24.0 Å². The number of guanidine groups is 1. The van der Waals surface area contributed by atoms with Crippen LogP contribution in [-0.2, 0) is 4.74 Å². The van der Waals surface area contributed by atoms with Crippen LogP contribution in [0.4, 0.5) is 0 Å². The fraction of sp³-hybridized carbons (Fsp3) is 0.944. The van der Waals surface area contributed by atoms with Gasteiger partial charge in [-0.1, -0.05) is 26.7 Å². The van der Waals surface area contributed by atoms with E-state index in [1.165, 1.54) is 12.8 Å². The van der Waals surface area contributed by atoms with Crippen LogP contribution in [0.2, 0.25) is 0 Å². The number of likely N-dealkylation sites (N-methyl/N-ethyl adjacent to an activating group) is 1. The van der Waals surface area contributed by atoms with Crippen LogP contribution in [0, 0.1) is 5.92 Å². The molecule has 144 valence electrons. The predicted octanol–water partition coefficient (Wildman–Crippen LogP) is 3.05. The van der Waals surface area contributed by atoms with E-state index in [1.54, 1.807) is 0 Å². The van der Waals surface area contributed by atoms with Gasteiger partial charge in [0.15, 0.2) is 5.96 Å². The lowest BCUT2D eigenvalue weighted by Crippen LogP contribution is -2.51. The largest absolute Gasteiger partial charge is 0.378 e. The van der Waals surface area contributed by atoms with Gasteiger partial charge >= 0.3 is 0 Å². The molecule has 1 aliphatic rings. The first-order chi connectivity index (χ1) is 11.1. The van der Waals surface area contributed by atoms with E-state index in [0.717, 1.165) is 51.0 Å². The fourth-order valence-corrected chi connectivity index (χ4v) is 3.60. The maximum Gasteiger partial charge on any atom is 0.193 e. The normalized spacial score (nSPS) is 18.0. The lowest BCUT2D eigenvalue weighted by atomic mass is 9.93. The van der Waals surface area contributed by atoms with Gasteiger partial charge in [0.1, 0.15) is 0 Å². The minimum Gasteiger partial charge on any atom is -0.378 e. The SMILES string of the molecule is CCOC1CCN(C(=NC)NCC(C(CC)CC)N(C)C)CC1.I. The maximum absolute atomic E-state index is 5.74. The van der Waals surface area contributed by atoms with Crippen molar-refractivity contribution in [3.8, 4) is 0 Å². The Kier molecular flexibility index (Phi) is 13.1. The molecule has 0 saturated carbocycles. The molecule has 0 spiro atoms. The summed E-state index contributed by atoms with van der Waals surface area (Å²) in [5.74, 6) is 1.76. The van der Waals surface area contributed by atoms with E-state index in [1.807, 2.05) is 7.05 Å². The third-order valence-corrected chi connectivity index (χ3v) is 5.08. The molecule has 1 rings (SSSR count). The number of rotatable bonds is 8. The zero-order valence-corrected chi connectivity index (χ0v) is 18.9. The van der Waals surface area contributed by atoms with Crippen LogP contribution in [0.3, 0.4) is 0 Å². The highest BCUT2D eigenvalue weighted by Crippen LogP contribution is 2.17. The van der Waals surface area contributed by atoms with Crippen LogP contribution in [0.15, 0.2) is 4.99 Å².